The van der Waals surface area contributed by atoms with E-state index in [1.807, 2.05) is 13.8 Å². The molecule has 3 aromatic rings. The highest BCUT2D eigenvalue weighted by atomic mass is 32.1. The first-order valence-electron chi connectivity index (χ1n) is 9.52. The summed E-state index contributed by atoms with van der Waals surface area (Å²) in [5.74, 6) is 0.648. The van der Waals surface area contributed by atoms with Gasteiger partial charge >= 0.3 is 0 Å². The molecule has 9 nitrogen and oxygen atoms in total. The molecule has 0 atom stereocenters. The van der Waals surface area contributed by atoms with Crippen molar-refractivity contribution in [3.05, 3.63) is 60.5 Å². The molecule has 30 heavy (non-hydrogen) atoms. The number of H-pyrrole nitrogens is 1. The molecular weight excluding hydrogens is 404 g/mol. The van der Waals surface area contributed by atoms with Gasteiger partial charge in [0.05, 0.1) is 28.1 Å². The Morgan fingerprint density at radius 3 is 2.70 bits per heavy atom. The van der Waals surface area contributed by atoms with Crippen LogP contribution in [0.4, 0.5) is 11.4 Å². The SMILES string of the molecule is Cc1sc2nc(CN3CCN(c4ccc([N+](=O)[O-])cc4C#N)CC3)[nH]c(=O)c2c1C. The Morgan fingerprint density at radius 2 is 2.03 bits per heavy atom. The second-order valence-electron chi connectivity index (χ2n) is 7.31. The lowest BCUT2D eigenvalue weighted by Crippen LogP contribution is -2.46. The number of fused-ring (bicyclic) bond motifs is 1. The van der Waals surface area contributed by atoms with Gasteiger partial charge in [0, 0.05) is 43.2 Å². The molecule has 1 fully saturated rings. The number of nitro benzene ring substituents is 1. The fourth-order valence-electron chi connectivity index (χ4n) is 3.74. The second-order valence-corrected chi connectivity index (χ2v) is 8.51. The normalized spacial score (nSPS) is 14.8. The quantitative estimate of drug-likeness (QED) is 0.505. The Hall–Kier alpha value is -3.29. The molecule has 10 heteroatoms. The fourth-order valence-corrected chi connectivity index (χ4v) is 4.78. The Kier molecular flexibility index (Phi) is 5.24. The number of nitrogens with zero attached hydrogens (tertiary/aromatic N) is 5. The Bertz CT molecular complexity index is 1230. The van der Waals surface area contributed by atoms with Gasteiger partial charge in [0.2, 0.25) is 0 Å². The van der Waals surface area contributed by atoms with Crippen molar-refractivity contribution in [2.45, 2.75) is 20.4 Å². The van der Waals surface area contributed by atoms with Crippen LogP contribution in [-0.2, 0) is 6.54 Å². The van der Waals surface area contributed by atoms with Crippen molar-refractivity contribution in [2.24, 2.45) is 0 Å². The number of aromatic amines is 1. The number of nitrogens with one attached hydrogen (secondary N) is 1. The van der Waals surface area contributed by atoms with E-state index in [9.17, 15) is 20.2 Å². The van der Waals surface area contributed by atoms with Gasteiger partial charge in [-0.2, -0.15) is 5.26 Å². The molecule has 0 spiro atoms. The minimum atomic E-state index is -0.496. The molecule has 4 rings (SSSR count). The van der Waals surface area contributed by atoms with Crippen LogP contribution in [0.1, 0.15) is 21.8 Å². The van der Waals surface area contributed by atoms with E-state index in [1.54, 1.807) is 6.07 Å². The van der Waals surface area contributed by atoms with Crippen molar-refractivity contribution in [1.82, 2.24) is 14.9 Å². The van der Waals surface area contributed by atoms with Crippen LogP contribution in [0.5, 0.6) is 0 Å². The lowest BCUT2D eigenvalue weighted by atomic mass is 10.1. The second kappa shape index (κ2) is 7.85. The molecular formula is C20H20N6O3S. The molecule has 1 aliphatic rings. The first kappa shape index (κ1) is 20.0. The number of hydrogen-bond acceptors (Lipinski definition) is 8. The minimum Gasteiger partial charge on any atom is -0.368 e. The fraction of sp³-hybridized carbons (Fsp3) is 0.350. The topological polar surface area (TPSA) is 119 Å². The number of nitriles is 1. The number of aryl methyl sites for hydroxylation is 2. The lowest BCUT2D eigenvalue weighted by Gasteiger charge is -2.36. The first-order valence-corrected chi connectivity index (χ1v) is 10.3. The van der Waals surface area contributed by atoms with Gasteiger partial charge < -0.3 is 9.88 Å². The van der Waals surface area contributed by atoms with Gasteiger partial charge in [0.1, 0.15) is 16.7 Å². The van der Waals surface area contributed by atoms with Gasteiger partial charge in [0.25, 0.3) is 11.2 Å². The van der Waals surface area contributed by atoms with Gasteiger partial charge in [-0.1, -0.05) is 0 Å². The standard InChI is InChI=1S/C20H20N6O3S/c1-12-13(2)30-20-18(12)19(27)22-17(23-20)11-24-5-7-25(8-6-24)16-4-3-15(26(28)29)9-14(16)10-21/h3-4,9H,5-8,11H2,1-2H3,(H,22,23,27). The lowest BCUT2D eigenvalue weighted by molar-refractivity contribution is -0.384. The van der Waals surface area contributed by atoms with Crippen LogP contribution < -0.4 is 10.5 Å². The Labute approximate surface area is 176 Å². The predicted octanol–water partition coefficient (Wildman–Crippen LogP) is 2.70. The summed E-state index contributed by atoms with van der Waals surface area (Å²) >= 11 is 1.54. The maximum Gasteiger partial charge on any atom is 0.270 e. The summed E-state index contributed by atoms with van der Waals surface area (Å²) in [6.07, 6.45) is 0. The van der Waals surface area contributed by atoms with Crippen molar-refractivity contribution < 1.29 is 4.92 Å². The molecule has 0 unspecified atom stereocenters. The Morgan fingerprint density at radius 1 is 1.30 bits per heavy atom. The number of non-ortho nitro benzene ring substituents is 1. The van der Waals surface area contributed by atoms with Crippen LogP contribution in [0.25, 0.3) is 10.2 Å². The zero-order valence-corrected chi connectivity index (χ0v) is 17.5. The molecule has 2 aromatic heterocycles. The largest absolute Gasteiger partial charge is 0.368 e. The highest BCUT2D eigenvalue weighted by molar-refractivity contribution is 7.18. The molecule has 1 aliphatic heterocycles. The maximum absolute atomic E-state index is 12.5. The zero-order chi connectivity index (χ0) is 21.4. The van der Waals surface area contributed by atoms with Crippen molar-refractivity contribution in [2.75, 3.05) is 31.1 Å². The van der Waals surface area contributed by atoms with Crippen molar-refractivity contribution in [3.8, 4) is 6.07 Å². The molecule has 0 radical (unpaired) electrons. The number of thiophene rings is 1. The average Bonchev–Trinajstić information content (AvgIpc) is 3.02. The van der Waals surface area contributed by atoms with E-state index in [0.717, 1.165) is 28.4 Å². The summed E-state index contributed by atoms with van der Waals surface area (Å²) in [6.45, 7) is 7.29. The van der Waals surface area contributed by atoms with E-state index in [4.69, 9.17) is 0 Å². The van der Waals surface area contributed by atoms with Crippen LogP contribution in [0.15, 0.2) is 23.0 Å². The number of hydrogen-bond donors (Lipinski definition) is 1. The molecule has 1 N–H and O–H groups in total. The average molecular weight is 424 g/mol. The van der Waals surface area contributed by atoms with Crippen molar-refractivity contribution in [3.63, 3.8) is 0 Å². The summed E-state index contributed by atoms with van der Waals surface area (Å²) in [6, 6.07) is 6.44. The summed E-state index contributed by atoms with van der Waals surface area (Å²) in [5.41, 5.74) is 1.82. The third kappa shape index (κ3) is 3.65. The molecule has 1 saturated heterocycles. The highest BCUT2D eigenvalue weighted by Crippen LogP contribution is 2.27. The summed E-state index contributed by atoms with van der Waals surface area (Å²) < 4.78 is 0. The van der Waals surface area contributed by atoms with Gasteiger partial charge in [0.15, 0.2) is 0 Å². The number of anilines is 1. The van der Waals surface area contributed by atoms with E-state index in [-0.39, 0.29) is 11.2 Å². The van der Waals surface area contributed by atoms with Crippen molar-refractivity contribution >= 4 is 32.9 Å². The first-order chi connectivity index (χ1) is 14.4. The van der Waals surface area contributed by atoms with Crippen LogP contribution in [0.2, 0.25) is 0 Å². The van der Waals surface area contributed by atoms with Gasteiger partial charge in [-0.05, 0) is 25.5 Å². The summed E-state index contributed by atoms with van der Waals surface area (Å²) in [5, 5.41) is 21.0. The van der Waals surface area contributed by atoms with E-state index >= 15 is 0 Å². The number of rotatable bonds is 4. The summed E-state index contributed by atoms with van der Waals surface area (Å²) in [4.78, 5) is 36.6. The maximum atomic E-state index is 12.5. The number of benzene rings is 1. The molecule has 1 aromatic carbocycles. The Balaban J connectivity index is 1.47. The molecule has 154 valence electrons. The molecule has 0 saturated carbocycles. The number of nitro groups is 1. The van der Waals surface area contributed by atoms with E-state index in [1.165, 1.54) is 23.5 Å². The van der Waals surface area contributed by atoms with E-state index < -0.39 is 4.92 Å². The van der Waals surface area contributed by atoms with Crippen LogP contribution in [0, 0.1) is 35.3 Å². The van der Waals surface area contributed by atoms with E-state index in [2.05, 4.69) is 25.8 Å². The predicted molar refractivity (Wildman–Crippen MR) is 115 cm³/mol. The van der Waals surface area contributed by atoms with Crippen LogP contribution in [0.3, 0.4) is 0 Å². The highest BCUT2D eigenvalue weighted by Gasteiger charge is 2.22. The minimum absolute atomic E-state index is 0.0848. The third-order valence-corrected chi connectivity index (χ3v) is 6.59. The molecule has 0 bridgehead atoms. The monoisotopic (exact) mass is 424 g/mol. The molecule has 0 aliphatic carbocycles. The van der Waals surface area contributed by atoms with Gasteiger partial charge in [-0.25, -0.2) is 4.98 Å². The molecule has 3 heterocycles. The zero-order valence-electron chi connectivity index (χ0n) is 16.6. The number of piperazine rings is 1. The van der Waals surface area contributed by atoms with E-state index in [0.29, 0.717) is 42.1 Å². The number of aromatic nitrogens is 2. The third-order valence-electron chi connectivity index (χ3n) is 5.49. The van der Waals surface area contributed by atoms with Gasteiger partial charge in [-0.15, -0.1) is 11.3 Å². The van der Waals surface area contributed by atoms with Crippen LogP contribution in [-0.4, -0.2) is 46.0 Å². The summed E-state index contributed by atoms with van der Waals surface area (Å²) in [7, 11) is 0. The van der Waals surface area contributed by atoms with Gasteiger partial charge in [-0.3, -0.25) is 19.8 Å². The van der Waals surface area contributed by atoms with Crippen LogP contribution >= 0.6 is 11.3 Å². The van der Waals surface area contributed by atoms with Crippen molar-refractivity contribution in [1.29, 1.82) is 5.26 Å². The smallest absolute Gasteiger partial charge is 0.270 e. The molecule has 0 amide bonds.